The number of halogens is 3. The third-order valence-electron chi connectivity index (χ3n) is 5.01. The van der Waals surface area contributed by atoms with Crippen LogP contribution in [0.1, 0.15) is 6.42 Å². The third kappa shape index (κ3) is 6.08. The molecule has 0 N–H and O–H groups in total. The van der Waals surface area contributed by atoms with Gasteiger partial charge in [-0.2, -0.15) is 0 Å². The minimum absolute atomic E-state index is 0. The summed E-state index contributed by atoms with van der Waals surface area (Å²) in [6, 6.07) is 8.02. The highest BCUT2D eigenvalue weighted by Gasteiger charge is 2.34. The highest BCUT2D eigenvalue weighted by atomic mass is 79.9. The van der Waals surface area contributed by atoms with Gasteiger partial charge in [-0.1, -0.05) is 15.9 Å². The van der Waals surface area contributed by atoms with Crippen molar-refractivity contribution >= 4 is 52.3 Å². The van der Waals surface area contributed by atoms with Crippen LogP contribution in [0.25, 0.3) is 0 Å². The maximum Gasteiger partial charge on any atom is 0.231 e. The van der Waals surface area contributed by atoms with Crippen molar-refractivity contribution in [1.82, 2.24) is 9.80 Å². The van der Waals surface area contributed by atoms with E-state index in [0.29, 0.717) is 0 Å². The van der Waals surface area contributed by atoms with Crippen LogP contribution in [0.5, 0.6) is 0 Å². The lowest BCUT2D eigenvalue weighted by molar-refractivity contribution is -0.121. The van der Waals surface area contributed by atoms with E-state index in [1.54, 1.807) is 7.11 Å². The van der Waals surface area contributed by atoms with Crippen LogP contribution in [-0.4, -0.2) is 75.2 Å². The number of benzene rings is 1. The minimum atomic E-state index is 0. The lowest BCUT2D eigenvalue weighted by atomic mass is 10.1. The molecule has 1 aromatic rings. The van der Waals surface area contributed by atoms with Crippen molar-refractivity contribution < 1.29 is 9.53 Å². The van der Waals surface area contributed by atoms with Gasteiger partial charge in [-0.25, -0.2) is 0 Å². The summed E-state index contributed by atoms with van der Waals surface area (Å²) in [5.41, 5.74) is 1.01. The van der Waals surface area contributed by atoms with Crippen LogP contribution >= 0.6 is 40.7 Å². The highest BCUT2D eigenvalue weighted by Crippen LogP contribution is 2.27. The molecule has 148 valence electrons. The zero-order chi connectivity index (χ0) is 16.9. The number of ether oxygens (including phenoxy) is 1. The van der Waals surface area contributed by atoms with E-state index in [2.05, 4.69) is 25.7 Å². The van der Waals surface area contributed by atoms with Crippen LogP contribution in [0.15, 0.2) is 28.7 Å². The first-order valence-electron chi connectivity index (χ1n) is 8.68. The molecule has 1 unspecified atom stereocenters. The van der Waals surface area contributed by atoms with E-state index >= 15 is 0 Å². The average Bonchev–Trinajstić information content (AvgIpc) is 2.96. The van der Waals surface area contributed by atoms with E-state index in [4.69, 9.17) is 4.74 Å². The molecule has 26 heavy (non-hydrogen) atoms. The summed E-state index contributed by atoms with van der Waals surface area (Å²) >= 11 is 3.45. The van der Waals surface area contributed by atoms with Crippen LogP contribution in [0.2, 0.25) is 0 Å². The smallest absolute Gasteiger partial charge is 0.231 e. The quantitative estimate of drug-likeness (QED) is 0.643. The third-order valence-corrected chi connectivity index (χ3v) is 5.54. The Balaban J connectivity index is 0.00000169. The summed E-state index contributed by atoms with van der Waals surface area (Å²) < 4.78 is 6.19. The number of hydrogen-bond acceptors (Lipinski definition) is 4. The number of nitrogens with zero attached hydrogens (tertiary/aromatic N) is 3. The van der Waals surface area contributed by atoms with Crippen molar-refractivity contribution in [3.8, 4) is 0 Å². The molecule has 2 saturated heterocycles. The Bertz CT molecular complexity index is 554. The van der Waals surface area contributed by atoms with Crippen LogP contribution in [0, 0.1) is 5.92 Å². The lowest BCUT2D eigenvalue weighted by Gasteiger charge is -2.35. The lowest BCUT2D eigenvalue weighted by Crippen LogP contribution is -2.49. The van der Waals surface area contributed by atoms with E-state index in [1.807, 2.05) is 29.2 Å². The maximum absolute atomic E-state index is 12.7. The van der Waals surface area contributed by atoms with Crippen molar-refractivity contribution in [2.24, 2.45) is 5.92 Å². The van der Waals surface area contributed by atoms with Gasteiger partial charge in [-0.15, -0.1) is 24.8 Å². The number of carbonyl (C=O) groups excluding carboxylic acids is 1. The summed E-state index contributed by atoms with van der Waals surface area (Å²) in [7, 11) is 1.75. The Hall–Kier alpha value is -0.370. The Labute approximate surface area is 177 Å². The molecular formula is C18H28BrCl2N3O2. The summed E-state index contributed by atoms with van der Waals surface area (Å²) in [4.78, 5) is 19.5. The summed E-state index contributed by atoms with van der Waals surface area (Å²) in [5, 5.41) is 0. The van der Waals surface area contributed by atoms with Crippen LogP contribution in [0.3, 0.4) is 0 Å². The van der Waals surface area contributed by atoms with Gasteiger partial charge in [0.25, 0.3) is 0 Å². The molecule has 0 radical (unpaired) electrons. The van der Waals surface area contributed by atoms with Gasteiger partial charge in [0.15, 0.2) is 0 Å². The number of carbonyl (C=O) groups is 1. The number of amides is 1. The molecule has 2 heterocycles. The largest absolute Gasteiger partial charge is 0.383 e. The number of hydrogen-bond donors (Lipinski definition) is 0. The summed E-state index contributed by atoms with van der Waals surface area (Å²) in [6.07, 6.45) is 0.957. The van der Waals surface area contributed by atoms with Gasteiger partial charge in [-0.05, 0) is 30.7 Å². The second-order valence-electron chi connectivity index (χ2n) is 6.59. The Morgan fingerprint density at radius 1 is 1.04 bits per heavy atom. The summed E-state index contributed by atoms with van der Waals surface area (Å²) in [6.45, 7) is 7.76. The second kappa shape index (κ2) is 11.5. The SMILES string of the molecule is COCCN1CCN(CC2CCN(c3ccc(Br)cc3)C2=O)CC1.Cl.Cl. The molecule has 1 aromatic carbocycles. The number of piperazine rings is 1. The molecule has 0 saturated carbocycles. The highest BCUT2D eigenvalue weighted by molar-refractivity contribution is 9.10. The van der Waals surface area contributed by atoms with Crippen molar-refractivity contribution in [2.45, 2.75) is 6.42 Å². The monoisotopic (exact) mass is 467 g/mol. The average molecular weight is 469 g/mol. The number of rotatable bonds is 6. The Morgan fingerprint density at radius 3 is 2.27 bits per heavy atom. The number of anilines is 1. The molecule has 0 aliphatic carbocycles. The van der Waals surface area contributed by atoms with E-state index in [-0.39, 0.29) is 36.6 Å². The molecule has 1 atom stereocenters. The van der Waals surface area contributed by atoms with Gasteiger partial charge in [0.1, 0.15) is 0 Å². The first kappa shape index (κ1) is 23.7. The molecule has 2 aliphatic rings. The van der Waals surface area contributed by atoms with Gasteiger partial charge in [-0.3, -0.25) is 9.69 Å². The standard InChI is InChI=1S/C18H26BrN3O2.2ClH/c1-24-13-12-20-8-10-21(11-9-20)14-15-6-7-22(18(15)23)17-4-2-16(19)3-5-17;;/h2-5,15H,6-14H2,1H3;2*1H. The molecule has 0 spiro atoms. The first-order valence-corrected chi connectivity index (χ1v) is 9.47. The fraction of sp³-hybridized carbons (Fsp3) is 0.611. The molecular weight excluding hydrogens is 441 g/mol. The van der Waals surface area contributed by atoms with Crippen molar-refractivity contribution in [1.29, 1.82) is 0 Å². The van der Waals surface area contributed by atoms with Crippen LogP contribution < -0.4 is 4.90 Å². The fourth-order valence-electron chi connectivity index (χ4n) is 3.51. The molecule has 2 aliphatic heterocycles. The van der Waals surface area contributed by atoms with Gasteiger partial charge < -0.3 is 14.5 Å². The zero-order valence-corrected chi connectivity index (χ0v) is 18.3. The summed E-state index contributed by atoms with van der Waals surface area (Å²) in [5.74, 6) is 0.415. The maximum atomic E-state index is 12.7. The molecule has 2 fully saturated rings. The van der Waals surface area contributed by atoms with E-state index in [9.17, 15) is 4.79 Å². The normalized spacial score (nSPS) is 21.4. The minimum Gasteiger partial charge on any atom is -0.383 e. The van der Waals surface area contributed by atoms with Gasteiger partial charge in [0, 0.05) is 63.1 Å². The molecule has 8 heteroatoms. The van der Waals surface area contributed by atoms with Crippen molar-refractivity contribution in [3.05, 3.63) is 28.7 Å². The van der Waals surface area contributed by atoms with Crippen molar-refractivity contribution in [3.63, 3.8) is 0 Å². The second-order valence-corrected chi connectivity index (χ2v) is 7.50. The Kier molecular flexibility index (Phi) is 10.4. The molecule has 0 bridgehead atoms. The van der Waals surface area contributed by atoms with Crippen LogP contribution in [0.4, 0.5) is 5.69 Å². The van der Waals surface area contributed by atoms with Crippen LogP contribution in [-0.2, 0) is 9.53 Å². The molecule has 0 aromatic heterocycles. The first-order chi connectivity index (χ1) is 11.7. The fourth-order valence-corrected chi connectivity index (χ4v) is 3.78. The van der Waals surface area contributed by atoms with E-state index < -0.39 is 0 Å². The van der Waals surface area contributed by atoms with Gasteiger partial charge in [0.05, 0.1) is 12.5 Å². The van der Waals surface area contributed by atoms with Crippen molar-refractivity contribution in [2.75, 3.05) is 64.4 Å². The Morgan fingerprint density at radius 2 is 1.65 bits per heavy atom. The predicted octanol–water partition coefficient (Wildman–Crippen LogP) is 2.91. The molecule has 1 amide bonds. The topological polar surface area (TPSA) is 36.0 Å². The zero-order valence-electron chi connectivity index (χ0n) is 15.1. The van der Waals surface area contributed by atoms with E-state index in [0.717, 1.165) is 69.0 Å². The van der Waals surface area contributed by atoms with Gasteiger partial charge >= 0.3 is 0 Å². The number of methoxy groups -OCH3 is 1. The van der Waals surface area contributed by atoms with Gasteiger partial charge in [0.2, 0.25) is 5.91 Å². The predicted molar refractivity (Wildman–Crippen MR) is 114 cm³/mol. The molecule has 3 rings (SSSR count). The molecule has 5 nitrogen and oxygen atoms in total. The van der Waals surface area contributed by atoms with E-state index in [1.165, 1.54) is 0 Å².